The van der Waals surface area contributed by atoms with Gasteiger partial charge in [-0.2, -0.15) is 0 Å². The zero-order chi connectivity index (χ0) is 15.1. The molecule has 0 aromatic heterocycles. The van der Waals surface area contributed by atoms with Gasteiger partial charge in [-0.1, -0.05) is 6.92 Å². The molecule has 21 heavy (non-hydrogen) atoms. The molecule has 1 aromatic carbocycles. The standard InChI is InChI=1S/C15H17FN2O3/c1-8-3-4-18(7-13(8)21-2)12-6-11-9(5-10(12)16)14(19)15(20)17-11/h5-6,8,13H,3-4,7H2,1-2H3,(H,17,19,20). The van der Waals surface area contributed by atoms with Crippen molar-refractivity contribution < 1.29 is 18.7 Å². The van der Waals surface area contributed by atoms with E-state index in [1.54, 1.807) is 7.11 Å². The van der Waals surface area contributed by atoms with Crippen LogP contribution in [-0.2, 0) is 9.53 Å². The first kappa shape index (κ1) is 14.0. The maximum atomic E-state index is 14.3. The van der Waals surface area contributed by atoms with Crippen molar-refractivity contribution in [1.29, 1.82) is 0 Å². The van der Waals surface area contributed by atoms with Gasteiger partial charge in [0.05, 0.1) is 23.0 Å². The summed E-state index contributed by atoms with van der Waals surface area (Å²) >= 11 is 0. The van der Waals surface area contributed by atoms with Crippen LogP contribution in [0.25, 0.3) is 0 Å². The highest BCUT2D eigenvalue weighted by Gasteiger charge is 2.32. The second-order valence-electron chi connectivity index (χ2n) is 5.62. The van der Waals surface area contributed by atoms with Crippen molar-refractivity contribution in [3.8, 4) is 0 Å². The lowest BCUT2D eigenvalue weighted by Gasteiger charge is -2.37. The van der Waals surface area contributed by atoms with Gasteiger partial charge in [0.25, 0.3) is 11.7 Å². The van der Waals surface area contributed by atoms with E-state index in [-0.39, 0.29) is 11.7 Å². The van der Waals surface area contributed by atoms with Crippen LogP contribution in [0.2, 0.25) is 0 Å². The number of nitrogens with one attached hydrogen (secondary N) is 1. The van der Waals surface area contributed by atoms with Gasteiger partial charge in [0.15, 0.2) is 0 Å². The Morgan fingerprint density at radius 3 is 2.86 bits per heavy atom. The van der Waals surface area contributed by atoms with Crippen LogP contribution in [0.1, 0.15) is 23.7 Å². The Balaban J connectivity index is 1.92. The predicted octanol–water partition coefficient (Wildman–Crippen LogP) is 1.82. The number of ketones is 1. The van der Waals surface area contributed by atoms with Gasteiger partial charge in [-0.25, -0.2) is 4.39 Å². The van der Waals surface area contributed by atoms with Crippen molar-refractivity contribution in [1.82, 2.24) is 0 Å². The molecular weight excluding hydrogens is 275 g/mol. The molecule has 0 bridgehead atoms. The molecule has 1 saturated heterocycles. The summed E-state index contributed by atoms with van der Waals surface area (Å²) in [7, 11) is 1.66. The van der Waals surface area contributed by atoms with Crippen molar-refractivity contribution in [3.63, 3.8) is 0 Å². The number of carbonyl (C=O) groups excluding carboxylic acids is 2. The maximum absolute atomic E-state index is 14.3. The van der Waals surface area contributed by atoms with Crippen molar-refractivity contribution in [2.75, 3.05) is 30.4 Å². The predicted molar refractivity (Wildman–Crippen MR) is 76.2 cm³/mol. The van der Waals surface area contributed by atoms with Crippen LogP contribution in [0.4, 0.5) is 15.8 Å². The van der Waals surface area contributed by atoms with E-state index in [0.717, 1.165) is 19.0 Å². The summed E-state index contributed by atoms with van der Waals surface area (Å²) < 4.78 is 19.7. The van der Waals surface area contributed by atoms with Crippen LogP contribution in [0.15, 0.2) is 12.1 Å². The van der Waals surface area contributed by atoms with Gasteiger partial charge >= 0.3 is 0 Å². The summed E-state index contributed by atoms with van der Waals surface area (Å²) in [6.45, 7) is 3.43. The minimum absolute atomic E-state index is 0.0441. The van der Waals surface area contributed by atoms with E-state index in [2.05, 4.69) is 12.2 Å². The highest BCUT2D eigenvalue weighted by molar-refractivity contribution is 6.51. The summed E-state index contributed by atoms with van der Waals surface area (Å²) in [4.78, 5) is 24.8. The van der Waals surface area contributed by atoms with E-state index >= 15 is 0 Å². The van der Waals surface area contributed by atoms with Gasteiger partial charge in [0, 0.05) is 20.2 Å². The van der Waals surface area contributed by atoms with Crippen molar-refractivity contribution in [2.45, 2.75) is 19.4 Å². The second kappa shape index (κ2) is 5.11. The molecule has 2 atom stereocenters. The first-order valence-corrected chi connectivity index (χ1v) is 6.98. The van der Waals surface area contributed by atoms with E-state index in [4.69, 9.17) is 4.74 Å². The Kier molecular flexibility index (Phi) is 3.41. The fraction of sp³-hybridized carbons (Fsp3) is 0.467. The van der Waals surface area contributed by atoms with Crippen molar-refractivity contribution in [2.24, 2.45) is 5.92 Å². The average Bonchev–Trinajstić information content (AvgIpc) is 2.74. The highest BCUT2D eigenvalue weighted by Crippen LogP contribution is 2.33. The van der Waals surface area contributed by atoms with Gasteiger partial charge in [-0.3, -0.25) is 9.59 Å². The minimum Gasteiger partial charge on any atom is -0.379 e. The lowest BCUT2D eigenvalue weighted by Crippen LogP contribution is -2.44. The summed E-state index contributed by atoms with van der Waals surface area (Å²) in [6, 6.07) is 2.68. The molecule has 6 heteroatoms. The van der Waals surface area contributed by atoms with Crippen LogP contribution >= 0.6 is 0 Å². The third kappa shape index (κ3) is 2.29. The zero-order valence-corrected chi connectivity index (χ0v) is 12.0. The molecule has 1 fully saturated rings. The zero-order valence-electron chi connectivity index (χ0n) is 12.0. The lowest BCUT2D eigenvalue weighted by atomic mass is 9.95. The molecule has 0 spiro atoms. The lowest BCUT2D eigenvalue weighted by molar-refractivity contribution is -0.112. The number of halogens is 1. The Morgan fingerprint density at radius 2 is 2.14 bits per heavy atom. The summed E-state index contributed by atoms with van der Waals surface area (Å²) in [5.74, 6) is -1.45. The number of amides is 1. The largest absolute Gasteiger partial charge is 0.379 e. The topological polar surface area (TPSA) is 58.6 Å². The number of methoxy groups -OCH3 is 1. The number of hydrogen-bond acceptors (Lipinski definition) is 4. The van der Waals surface area contributed by atoms with Crippen molar-refractivity contribution in [3.05, 3.63) is 23.5 Å². The number of benzene rings is 1. The molecule has 2 heterocycles. The minimum atomic E-state index is -0.705. The molecule has 0 saturated carbocycles. The first-order valence-electron chi connectivity index (χ1n) is 6.98. The average molecular weight is 292 g/mol. The van der Waals surface area contributed by atoms with Gasteiger partial charge in [0.2, 0.25) is 0 Å². The molecule has 2 unspecified atom stereocenters. The normalized spacial score (nSPS) is 25.0. The third-order valence-electron chi connectivity index (χ3n) is 4.32. The second-order valence-corrected chi connectivity index (χ2v) is 5.62. The Morgan fingerprint density at radius 1 is 1.38 bits per heavy atom. The van der Waals surface area contributed by atoms with Crippen LogP contribution in [0.5, 0.6) is 0 Å². The van der Waals surface area contributed by atoms with Crippen LogP contribution in [0.3, 0.4) is 0 Å². The maximum Gasteiger partial charge on any atom is 0.296 e. The summed E-state index contributed by atoms with van der Waals surface area (Å²) in [5.41, 5.74) is 0.890. The van der Waals surface area contributed by atoms with Crippen LogP contribution in [-0.4, -0.2) is 38.0 Å². The van der Waals surface area contributed by atoms with Crippen LogP contribution in [0, 0.1) is 11.7 Å². The molecule has 1 N–H and O–H groups in total. The molecule has 1 aromatic rings. The van der Waals surface area contributed by atoms with E-state index in [1.807, 2.05) is 4.90 Å². The molecule has 5 nitrogen and oxygen atoms in total. The van der Waals surface area contributed by atoms with E-state index in [9.17, 15) is 14.0 Å². The number of Topliss-reactive ketones (excluding diaryl/α,β-unsaturated/α-hetero) is 1. The number of rotatable bonds is 2. The number of nitrogens with zero attached hydrogens (tertiary/aromatic N) is 1. The summed E-state index contributed by atoms with van der Waals surface area (Å²) in [6.07, 6.45) is 0.947. The highest BCUT2D eigenvalue weighted by atomic mass is 19.1. The van der Waals surface area contributed by atoms with E-state index < -0.39 is 17.5 Å². The Hall–Kier alpha value is -1.95. The molecule has 2 aliphatic rings. The Labute approximate surface area is 122 Å². The number of carbonyl (C=O) groups is 2. The van der Waals surface area contributed by atoms with E-state index in [0.29, 0.717) is 23.8 Å². The SMILES string of the molecule is COC1CN(c2cc3c(cc2F)C(=O)C(=O)N3)CCC1C. The number of piperidine rings is 1. The molecular formula is C15H17FN2O3. The molecule has 112 valence electrons. The van der Waals surface area contributed by atoms with Crippen molar-refractivity contribution >= 4 is 23.1 Å². The van der Waals surface area contributed by atoms with Gasteiger partial charge in [0.1, 0.15) is 5.82 Å². The number of hydrogen-bond donors (Lipinski definition) is 1. The molecule has 1 amide bonds. The number of ether oxygens (including phenoxy) is 1. The fourth-order valence-corrected chi connectivity index (χ4v) is 2.96. The Bertz CT molecular complexity index is 617. The fourth-order valence-electron chi connectivity index (χ4n) is 2.96. The van der Waals surface area contributed by atoms with Gasteiger partial charge in [-0.15, -0.1) is 0 Å². The number of fused-ring (bicyclic) bond motifs is 1. The number of anilines is 2. The smallest absolute Gasteiger partial charge is 0.296 e. The molecule has 0 radical (unpaired) electrons. The van der Waals surface area contributed by atoms with Crippen LogP contribution < -0.4 is 10.2 Å². The van der Waals surface area contributed by atoms with E-state index in [1.165, 1.54) is 6.07 Å². The molecule has 3 rings (SSSR count). The molecule has 0 aliphatic carbocycles. The van der Waals surface area contributed by atoms with Gasteiger partial charge < -0.3 is 15.0 Å². The monoisotopic (exact) mass is 292 g/mol. The van der Waals surface area contributed by atoms with Gasteiger partial charge in [-0.05, 0) is 24.5 Å². The third-order valence-corrected chi connectivity index (χ3v) is 4.32. The summed E-state index contributed by atoms with van der Waals surface area (Å²) in [5, 5.41) is 2.47. The first-order chi connectivity index (χ1) is 10.0. The molecule has 2 aliphatic heterocycles. The quantitative estimate of drug-likeness (QED) is 0.845.